The van der Waals surface area contributed by atoms with Crippen molar-refractivity contribution in [3.63, 3.8) is 0 Å². The van der Waals surface area contributed by atoms with Crippen molar-refractivity contribution in [3.05, 3.63) is 35.9 Å². The quantitative estimate of drug-likeness (QED) is 0.787. The van der Waals surface area contributed by atoms with Crippen LogP contribution in [0.15, 0.2) is 30.3 Å². The Morgan fingerprint density at radius 2 is 1.94 bits per heavy atom. The number of carbonyl (C=O) groups excluding carboxylic acids is 1. The molecule has 16 heavy (non-hydrogen) atoms. The van der Waals surface area contributed by atoms with Crippen LogP contribution in [0.1, 0.15) is 30.6 Å². The second-order valence-electron chi connectivity index (χ2n) is 4.17. The van der Waals surface area contributed by atoms with Crippen molar-refractivity contribution in [1.82, 2.24) is 5.32 Å². The molecule has 1 amide bonds. The smallest absolute Gasteiger partial charge is 0.251 e. The Labute approximate surface area is 102 Å². The van der Waals surface area contributed by atoms with Crippen molar-refractivity contribution < 1.29 is 4.79 Å². The molecule has 1 aromatic carbocycles. The van der Waals surface area contributed by atoms with Crippen molar-refractivity contribution in [3.8, 4) is 0 Å². The Bertz CT molecular complexity index is 324. The fraction of sp³-hybridized carbons (Fsp3) is 0.462. The minimum absolute atomic E-state index is 0.0237. The summed E-state index contributed by atoms with van der Waals surface area (Å²) in [5.41, 5.74) is 0.697. The van der Waals surface area contributed by atoms with Gasteiger partial charge in [-0.25, -0.2) is 0 Å². The number of rotatable bonds is 5. The summed E-state index contributed by atoms with van der Waals surface area (Å²) in [4.78, 5) is 11.9. The number of nitrogens with one attached hydrogen (secondary N) is 1. The summed E-state index contributed by atoms with van der Waals surface area (Å²) in [6.45, 7) is 4.17. The van der Waals surface area contributed by atoms with E-state index in [1.807, 2.05) is 30.3 Å². The van der Waals surface area contributed by atoms with Crippen molar-refractivity contribution in [2.75, 3.05) is 5.88 Å². The molecule has 88 valence electrons. The van der Waals surface area contributed by atoms with Gasteiger partial charge in [0.2, 0.25) is 0 Å². The molecule has 0 aliphatic heterocycles. The number of benzene rings is 1. The second-order valence-corrected chi connectivity index (χ2v) is 4.55. The average molecular weight is 240 g/mol. The molecule has 0 saturated heterocycles. The van der Waals surface area contributed by atoms with Gasteiger partial charge in [-0.05, 0) is 24.5 Å². The van der Waals surface area contributed by atoms with Crippen LogP contribution in [0.4, 0.5) is 0 Å². The third kappa shape index (κ3) is 3.86. The first-order valence-corrected chi connectivity index (χ1v) is 6.10. The van der Waals surface area contributed by atoms with Gasteiger partial charge in [-0.2, -0.15) is 0 Å². The van der Waals surface area contributed by atoms with Gasteiger partial charge in [-0.3, -0.25) is 4.79 Å². The molecular formula is C13H18ClNO. The molecule has 0 radical (unpaired) electrons. The fourth-order valence-corrected chi connectivity index (χ4v) is 1.77. The third-order valence-corrected chi connectivity index (χ3v) is 2.80. The average Bonchev–Trinajstić information content (AvgIpc) is 2.29. The highest BCUT2D eigenvalue weighted by Crippen LogP contribution is 2.08. The second kappa shape index (κ2) is 6.54. The van der Waals surface area contributed by atoms with Gasteiger partial charge >= 0.3 is 0 Å². The van der Waals surface area contributed by atoms with Gasteiger partial charge in [0.25, 0.3) is 5.91 Å². The van der Waals surface area contributed by atoms with E-state index >= 15 is 0 Å². The maximum Gasteiger partial charge on any atom is 0.251 e. The van der Waals surface area contributed by atoms with Crippen LogP contribution in [0.5, 0.6) is 0 Å². The molecule has 0 bridgehead atoms. The zero-order chi connectivity index (χ0) is 12.0. The lowest BCUT2D eigenvalue weighted by Crippen LogP contribution is -2.38. The Morgan fingerprint density at radius 3 is 2.44 bits per heavy atom. The van der Waals surface area contributed by atoms with Gasteiger partial charge in [-0.1, -0.05) is 32.0 Å². The zero-order valence-corrected chi connectivity index (χ0v) is 10.5. The lowest BCUT2D eigenvalue weighted by molar-refractivity contribution is 0.0925. The van der Waals surface area contributed by atoms with E-state index in [1.165, 1.54) is 0 Å². The zero-order valence-electron chi connectivity index (χ0n) is 9.74. The van der Waals surface area contributed by atoms with Crippen molar-refractivity contribution in [2.24, 2.45) is 5.92 Å². The monoisotopic (exact) mass is 239 g/mol. The Kier molecular flexibility index (Phi) is 5.33. The first kappa shape index (κ1) is 13.0. The highest BCUT2D eigenvalue weighted by molar-refractivity contribution is 6.17. The van der Waals surface area contributed by atoms with Crippen LogP contribution in [0.25, 0.3) is 0 Å². The maximum atomic E-state index is 11.9. The molecule has 0 heterocycles. The standard InChI is InChI=1S/C13H18ClNO/c1-10(2)12(8-9-14)15-13(16)11-6-4-3-5-7-11/h3-7,10,12H,8-9H2,1-2H3,(H,15,16). The highest BCUT2D eigenvalue weighted by atomic mass is 35.5. The molecule has 0 spiro atoms. The van der Waals surface area contributed by atoms with E-state index in [0.717, 1.165) is 6.42 Å². The summed E-state index contributed by atoms with van der Waals surface area (Å²) in [7, 11) is 0. The number of alkyl halides is 1. The molecule has 1 atom stereocenters. The first-order valence-electron chi connectivity index (χ1n) is 5.57. The predicted octanol–water partition coefficient (Wildman–Crippen LogP) is 3.07. The Morgan fingerprint density at radius 1 is 1.31 bits per heavy atom. The first-order chi connectivity index (χ1) is 7.65. The number of amides is 1. The summed E-state index contributed by atoms with van der Waals surface area (Å²) in [6.07, 6.45) is 0.803. The summed E-state index contributed by atoms with van der Waals surface area (Å²) < 4.78 is 0. The van der Waals surface area contributed by atoms with Gasteiger partial charge in [-0.15, -0.1) is 11.6 Å². The molecule has 0 aliphatic carbocycles. The van der Waals surface area contributed by atoms with Crippen molar-refractivity contribution in [1.29, 1.82) is 0 Å². The fourth-order valence-electron chi connectivity index (χ4n) is 1.53. The van der Waals surface area contributed by atoms with E-state index in [-0.39, 0.29) is 11.9 Å². The van der Waals surface area contributed by atoms with Gasteiger partial charge < -0.3 is 5.32 Å². The van der Waals surface area contributed by atoms with Gasteiger partial charge in [0, 0.05) is 17.5 Å². The van der Waals surface area contributed by atoms with Gasteiger partial charge in [0.1, 0.15) is 0 Å². The van der Waals surface area contributed by atoms with Crippen molar-refractivity contribution >= 4 is 17.5 Å². The molecule has 0 aromatic heterocycles. The lowest BCUT2D eigenvalue weighted by Gasteiger charge is -2.21. The number of hydrogen-bond donors (Lipinski definition) is 1. The summed E-state index contributed by atoms with van der Waals surface area (Å²) in [5.74, 6) is 0.939. The number of carbonyl (C=O) groups is 1. The van der Waals surface area contributed by atoms with E-state index in [1.54, 1.807) is 0 Å². The number of hydrogen-bond acceptors (Lipinski definition) is 1. The Balaban J connectivity index is 2.62. The minimum atomic E-state index is -0.0237. The molecule has 1 aromatic rings. The van der Waals surface area contributed by atoms with Crippen LogP contribution in [-0.2, 0) is 0 Å². The number of halogens is 1. The topological polar surface area (TPSA) is 29.1 Å². The van der Waals surface area contributed by atoms with Crippen LogP contribution in [0, 0.1) is 5.92 Å². The highest BCUT2D eigenvalue weighted by Gasteiger charge is 2.16. The van der Waals surface area contributed by atoms with Gasteiger partial charge in [0.05, 0.1) is 0 Å². The van der Waals surface area contributed by atoms with Gasteiger partial charge in [0.15, 0.2) is 0 Å². The summed E-state index contributed by atoms with van der Waals surface area (Å²) in [5, 5.41) is 3.01. The molecule has 0 aliphatic rings. The molecule has 0 saturated carbocycles. The summed E-state index contributed by atoms with van der Waals surface area (Å²) in [6, 6.07) is 9.39. The third-order valence-electron chi connectivity index (χ3n) is 2.58. The predicted molar refractivity (Wildman–Crippen MR) is 67.9 cm³/mol. The van der Waals surface area contributed by atoms with E-state index < -0.39 is 0 Å². The van der Waals surface area contributed by atoms with Crippen molar-refractivity contribution in [2.45, 2.75) is 26.3 Å². The van der Waals surface area contributed by atoms with Crippen LogP contribution >= 0.6 is 11.6 Å². The van der Waals surface area contributed by atoms with Crippen LogP contribution in [0.3, 0.4) is 0 Å². The van der Waals surface area contributed by atoms with E-state index in [9.17, 15) is 4.79 Å². The molecular weight excluding hydrogens is 222 g/mol. The molecule has 2 nitrogen and oxygen atoms in total. The van der Waals surface area contributed by atoms with Crippen LogP contribution in [-0.4, -0.2) is 17.8 Å². The van der Waals surface area contributed by atoms with E-state index in [4.69, 9.17) is 11.6 Å². The van der Waals surface area contributed by atoms with E-state index in [0.29, 0.717) is 17.4 Å². The minimum Gasteiger partial charge on any atom is -0.349 e. The van der Waals surface area contributed by atoms with Crippen LogP contribution < -0.4 is 5.32 Å². The van der Waals surface area contributed by atoms with Crippen LogP contribution in [0.2, 0.25) is 0 Å². The Hall–Kier alpha value is -1.02. The SMILES string of the molecule is CC(C)C(CCCl)NC(=O)c1ccccc1. The molecule has 1 unspecified atom stereocenters. The van der Waals surface area contributed by atoms with E-state index in [2.05, 4.69) is 19.2 Å². The largest absolute Gasteiger partial charge is 0.349 e. The molecule has 1 rings (SSSR count). The maximum absolute atomic E-state index is 11.9. The molecule has 1 N–H and O–H groups in total. The molecule has 0 fully saturated rings. The summed E-state index contributed by atoms with van der Waals surface area (Å²) >= 11 is 5.72. The lowest BCUT2D eigenvalue weighted by atomic mass is 10.0. The normalized spacial score (nSPS) is 12.5. The molecule has 3 heteroatoms.